The number of carbonyl (C=O) groups excluding carboxylic acids is 1. The van der Waals surface area contributed by atoms with Crippen LogP contribution in [-0.4, -0.2) is 39.8 Å². The van der Waals surface area contributed by atoms with Crippen molar-refractivity contribution in [2.24, 2.45) is 11.7 Å². The Morgan fingerprint density at radius 2 is 2.03 bits per heavy atom. The van der Waals surface area contributed by atoms with Gasteiger partial charge in [0.05, 0.1) is 6.20 Å². The highest BCUT2D eigenvalue weighted by molar-refractivity contribution is 7.19. The largest absolute Gasteiger partial charge is 0.389 e. The first-order valence-electron chi connectivity index (χ1n) is 11.5. The van der Waals surface area contributed by atoms with Crippen LogP contribution in [0.1, 0.15) is 42.6 Å². The average molecular weight is 488 g/mol. The van der Waals surface area contributed by atoms with Crippen LogP contribution in [0.25, 0.3) is 10.6 Å². The lowest BCUT2D eigenvalue weighted by atomic mass is 10.1. The van der Waals surface area contributed by atoms with Crippen molar-refractivity contribution in [3.8, 4) is 10.6 Å². The molecule has 2 fully saturated rings. The number of halogens is 2. The van der Waals surface area contributed by atoms with E-state index in [0.717, 1.165) is 74.3 Å². The van der Waals surface area contributed by atoms with E-state index in [1.807, 2.05) is 4.68 Å². The van der Waals surface area contributed by atoms with Gasteiger partial charge in [-0.1, -0.05) is 11.3 Å². The van der Waals surface area contributed by atoms with Gasteiger partial charge in [-0.25, -0.2) is 18.4 Å². The molecule has 34 heavy (non-hydrogen) atoms. The van der Waals surface area contributed by atoms with Gasteiger partial charge in [0, 0.05) is 31.2 Å². The van der Waals surface area contributed by atoms with E-state index in [0.29, 0.717) is 11.6 Å². The van der Waals surface area contributed by atoms with Crippen LogP contribution in [0.15, 0.2) is 24.4 Å². The third-order valence-corrected chi connectivity index (χ3v) is 7.21. The Kier molecular flexibility index (Phi) is 6.22. The molecule has 0 spiro atoms. The average Bonchev–Trinajstić information content (AvgIpc) is 3.48. The number of rotatable bonds is 6. The van der Waals surface area contributed by atoms with Crippen molar-refractivity contribution >= 4 is 33.8 Å². The van der Waals surface area contributed by atoms with Crippen LogP contribution in [0.4, 0.5) is 25.3 Å². The van der Waals surface area contributed by atoms with E-state index in [9.17, 15) is 13.6 Å². The van der Waals surface area contributed by atoms with Gasteiger partial charge in [0.2, 0.25) is 0 Å². The van der Waals surface area contributed by atoms with E-state index in [-0.39, 0.29) is 27.3 Å². The summed E-state index contributed by atoms with van der Waals surface area (Å²) in [4.78, 5) is 19.6. The number of thiazole rings is 1. The molecule has 3 heterocycles. The molecular formula is C23H27F2N7OS. The van der Waals surface area contributed by atoms with E-state index < -0.39 is 17.5 Å². The standard InChI is InChI=1S/C23H27F2N7OS/c24-14-5-6-17(25)16(10-14)22-30-19(20(27)34-22)21(33)29-18-11-28-32(12-13-3-4-13)23(18)31-8-1-2-15(26)7-9-31/h5-6,10-11,13,15H,1-4,7-9,12,26-27H2,(H,29,33)/t15-/m1/s1. The molecule has 0 unspecified atom stereocenters. The molecule has 0 bridgehead atoms. The highest BCUT2D eigenvalue weighted by Gasteiger charge is 2.28. The second-order valence-corrected chi connectivity index (χ2v) is 10.0. The molecule has 2 aromatic heterocycles. The fourth-order valence-corrected chi connectivity index (χ4v) is 5.11. The third-order valence-electron chi connectivity index (χ3n) is 6.29. The topological polar surface area (TPSA) is 115 Å². The van der Waals surface area contributed by atoms with E-state index in [1.54, 1.807) is 6.20 Å². The third kappa shape index (κ3) is 4.76. The Morgan fingerprint density at radius 1 is 1.21 bits per heavy atom. The van der Waals surface area contributed by atoms with Crippen LogP contribution in [0, 0.1) is 17.6 Å². The minimum Gasteiger partial charge on any atom is -0.389 e. The smallest absolute Gasteiger partial charge is 0.277 e. The first-order valence-corrected chi connectivity index (χ1v) is 12.3. The van der Waals surface area contributed by atoms with E-state index in [4.69, 9.17) is 11.5 Å². The molecule has 180 valence electrons. The SMILES string of the molecule is Nc1sc(-c2cc(F)ccc2F)nc1C(=O)Nc1cnn(CC2CC2)c1N1CCC[C@@H](N)CC1. The second-order valence-electron chi connectivity index (χ2n) is 9.00. The fraction of sp³-hybridized carbons (Fsp3) is 0.435. The zero-order valence-corrected chi connectivity index (χ0v) is 19.5. The highest BCUT2D eigenvalue weighted by Crippen LogP contribution is 2.36. The molecule has 5 rings (SSSR count). The molecule has 8 nitrogen and oxygen atoms in total. The number of nitrogen functional groups attached to an aromatic ring is 1. The Morgan fingerprint density at radius 3 is 2.82 bits per heavy atom. The molecule has 1 atom stereocenters. The number of hydrogen-bond donors (Lipinski definition) is 3. The Hall–Kier alpha value is -3.05. The minimum absolute atomic E-state index is 0.0255. The molecule has 1 aliphatic carbocycles. The lowest BCUT2D eigenvalue weighted by Crippen LogP contribution is -2.30. The number of aromatic nitrogens is 3. The predicted molar refractivity (Wildman–Crippen MR) is 129 cm³/mol. The normalized spacial score (nSPS) is 18.7. The van der Waals surface area contributed by atoms with Crippen LogP contribution in [0.5, 0.6) is 0 Å². The summed E-state index contributed by atoms with van der Waals surface area (Å²) in [6.45, 7) is 2.41. The van der Waals surface area contributed by atoms with Gasteiger partial charge >= 0.3 is 0 Å². The summed E-state index contributed by atoms with van der Waals surface area (Å²) in [5.41, 5.74) is 12.7. The zero-order valence-electron chi connectivity index (χ0n) is 18.6. The van der Waals surface area contributed by atoms with Gasteiger partial charge in [-0.15, -0.1) is 0 Å². The Labute approximate surface area is 199 Å². The molecule has 1 saturated heterocycles. The van der Waals surface area contributed by atoms with E-state index >= 15 is 0 Å². The van der Waals surface area contributed by atoms with Crippen LogP contribution in [0.3, 0.4) is 0 Å². The number of nitrogens with one attached hydrogen (secondary N) is 1. The molecule has 3 aromatic rings. The summed E-state index contributed by atoms with van der Waals surface area (Å²) in [7, 11) is 0. The fourth-order valence-electron chi connectivity index (χ4n) is 4.27. The maximum absolute atomic E-state index is 14.2. The number of hydrogen-bond acceptors (Lipinski definition) is 7. The second kappa shape index (κ2) is 9.30. The molecule has 1 aliphatic heterocycles. The van der Waals surface area contributed by atoms with Gasteiger partial charge in [0.15, 0.2) is 11.5 Å². The molecule has 5 N–H and O–H groups in total. The Balaban J connectivity index is 1.42. The number of nitrogens with two attached hydrogens (primary N) is 2. The van der Waals surface area contributed by atoms with Gasteiger partial charge in [-0.05, 0) is 56.2 Å². The quantitative estimate of drug-likeness (QED) is 0.487. The zero-order chi connectivity index (χ0) is 23.8. The van der Waals surface area contributed by atoms with Gasteiger partial charge in [-0.2, -0.15) is 5.10 Å². The van der Waals surface area contributed by atoms with Crippen LogP contribution < -0.4 is 21.7 Å². The van der Waals surface area contributed by atoms with Crippen molar-refractivity contribution < 1.29 is 13.6 Å². The minimum atomic E-state index is -0.634. The maximum atomic E-state index is 14.2. The van der Waals surface area contributed by atoms with Gasteiger partial charge in [0.25, 0.3) is 5.91 Å². The van der Waals surface area contributed by atoms with Gasteiger partial charge in [0.1, 0.15) is 27.3 Å². The summed E-state index contributed by atoms with van der Waals surface area (Å²) >= 11 is 0.940. The molecular weight excluding hydrogens is 460 g/mol. The summed E-state index contributed by atoms with van der Waals surface area (Å²) in [5, 5.41) is 7.73. The number of nitrogens with zero attached hydrogens (tertiary/aromatic N) is 4. The number of benzene rings is 1. The number of anilines is 3. The van der Waals surface area contributed by atoms with Crippen LogP contribution in [-0.2, 0) is 6.54 Å². The van der Waals surface area contributed by atoms with Crippen molar-refractivity contribution in [2.75, 3.05) is 29.0 Å². The molecule has 1 saturated carbocycles. The monoisotopic (exact) mass is 487 g/mol. The van der Waals surface area contributed by atoms with E-state index in [1.165, 1.54) is 12.8 Å². The first kappa shape index (κ1) is 22.7. The highest BCUT2D eigenvalue weighted by atomic mass is 32.1. The first-order chi connectivity index (χ1) is 16.4. The molecule has 11 heteroatoms. The van der Waals surface area contributed by atoms with Crippen molar-refractivity contribution in [3.05, 3.63) is 41.7 Å². The van der Waals surface area contributed by atoms with Gasteiger partial charge in [-0.3, -0.25) is 4.79 Å². The molecule has 1 aromatic carbocycles. The molecule has 1 amide bonds. The molecule has 0 radical (unpaired) electrons. The lowest BCUT2D eigenvalue weighted by Gasteiger charge is -2.25. The van der Waals surface area contributed by atoms with Crippen molar-refractivity contribution in [3.63, 3.8) is 0 Å². The summed E-state index contributed by atoms with van der Waals surface area (Å²) in [6.07, 6.45) is 6.80. The van der Waals surface area contributed by atoms with Crippen LogP contribution >= 0.6 is 11.3 Å². The van der Waals surface area contributed by atoms with Gasteiger partial charge < -0.3 is 21.7 Å². The van der Waals surface area contributed by atoms with E-state index in [2.05, 4.69) is 20.3 Å². The van der Waals surface area contributed by atoms with Crippen molar-refractivity contribution in [1.82, 2.24) is 14.8 Å². The van der Waals surface area contributed by atoms with Crippen molar-refractivity contribution in [1.29, 1.82) is 0 Å². The summed E-state index contributed by atoms with van der Waals surface area (Å²) in [6, 6.07) is 3.26. The lowest BCUT2D eigenvalue weighted by molar-refractivity contribution is 0.102. The number of amides is 1. The summed E-state index contributed by atoms with van der Waals surface area (Å²) < 4.78 is 29.8. The molecule has 2 aliphatic rings. The summed E-state index contributed by atoms with van der Waals surface area (Å²) in [5.74, 6) is -0.282. The van der Waals surface area contributed by atoms with Crippen LogP contribution in [0.2, 0.25) is 0 Å². The number of carbonyl (C=O) groups is 1. The Bertz CT molecular complexity index is 1210. The van der Waals surface area contributed by atoms with Crippen molar-refractivity contribution in [2.45, 2.75) is 44.7 Å². The maximum Gasteiger partial charge on any atom is 0.277 e. The predicted octanol–water partition coefficient (Wildman–Crippen LogP) is 3.85.